The van der Waals surface area contributed by atoms with Gasteiger partial charge in [-0.25, -0.2) is 0 Å². The molecule has 0 aliphatic rings. The van der Waals surface area contributed by atoms with Crippen LogP contribution in [0.2, 0.25) is 19.6 Å². The molecule has 0 rings (SSSR count). The second-order valence-corrected chi connectivity index (χ2v) is 9.51. The summed E-state index contributed by atoms with van der Waals surface area (Å²) in [5, 5.41) is 0. The fourth-order valence-corrected chi connectivity index (χ4v) is 3.24. The zero-order valence-electron chi connectivity index (χ0n) is 10.8. The van der Waals surface area contributed by atoms with Crippen LogP contribution in [-0.2, 0) is 4.43 Å². The molecule has 0 N–H and O–H groups in total. The molecule has 0 radical (unpaired) electrons. The predicted molar refractivity (Wildman–Crippen MR) is 83.0 cm³/mol. The van der Waals surface area contributed by atoms with Crippen molar-refractivity contribution in [2.24, 2.45) is 0 Å². The van der Waals surface area contributed by atoms with Crippen molar-refractivity contribution in [2.75, 3.05) is 0 Å². The molecule has 3 heteroatoms. The van der Waals surface area contributed by atoms with Crippen molar-refractivity contribution in [1.82, 2.24) is 0 Å². The fourth-order valence-electron chi connectivity index (χ4n) is 1.75. The molecule has 0 amide bonds. The molecule has 0 aromatic carbocycles. The summed E-state index contributed by atoms with van der Waals surface area (Å²) >= 11 is 0. The molecular formula is C13H30OSiSn. The van der Waals surface area contributed by atoms with E-state index in [-0.39, 0.29) is 29.5 Å². The van der Waals surface area contributed by atoms with Crippen LogP contribution in [0.15, 0.2) is 25.3 Å². The summed E-state index contributed by atoms with van der Waals surface area (Å²) in [6, 6.07) is 0. The predicted octanol–water partition coefficient (Wildman–Crippen LogP) is 3.08. The first-order valence-electron chi connectivity index (χ1n) is 5.84. The van der Waals surface area contributed by atoms with Gasteiger partial charge in [-0.05, 0) is 32.5 Å². The Kier molecular flexibility index (Phi) is 10.0. The molecule has 0 aliphatic carbocycles. The van der Waals surface area contributed by atoms with Crippen molar-refractivity contribution in [3.63, 3.8) is 0 Å². The Hall–Kier alpha value is 0.456. The van der Waals surface area contributed by atoms with Gasteiger partial charge in [-0.15, -0.1) is 13.2 Å². The van der Waals surface area contributed by atoms with Crippen LogP contribution in [0.5, 0.6) is 0 Å². The molecule has 1 atom stereocenters. The molecule has 0 saturated carbocycles. The van der Waals surface area contributed by atoms with E-state index in [2.05, 4.69) is 39.7 Å². The first-order valence-corrected chi connectivity index (χ1v) is 9.24. The standard InChI is InChI=1S/C13H26OSi.Sn.4H/c1-7-10-12-13(9-3,11-8-2)14-15(4,5)6;;;;;/h8-9H,2-3,7,10-12H2,1,4-6H3;;;;;. The third kappa shape index (κ3) is 7.68. The molecule has 0 aliphatic heterocycles. The Balaban J connectivity index is 0. The third-order valence-corrected chi connectivity index (χ3v) is 3.34. The van der Waals surface area contributed by atoms with Crippen LogP contribution in [0, 0.1) is 0 Å². The first kappa shape index (κ1) is 18.8. The average molecular weight is 349 g/mol. The van der Waals surface area contributed by atoms with E-state index in [0.717, 1.165) is 12.8 Å². The van der Waals surface area contributed by atoms with Gasteiger partial charge in [0.05, 0.1) is 5.60 Å². The molecular weight excluding hydrogens is 319 g/mol. The van der Waals surface area contributed by atoms with Crippen molar-refractivity contribution >= 4 is 32.2 Å². The minimum absolute atomic E-state index is 0. The van der Waals surface area contributed by atoms with Crippen LogP contribution < -0.4 is 0 Å². The van der Waals surface area contributed by atoms with Gasteiger partial charge in [0.25, 0.3) is 0 Å². The summed E-state index contributed by atoms with van der Waals surface area (Å²) in [5.41, 5.74) is -0.164. The van der Waals surface area contributed by atoms with Gasteiger partial charge in [0.2, 0.25) is 0 Å². The zero-order chi connectivity index (χ0) is 11.9. The average Bonchev–Trinajstić information content (AvgIpc) is 2.12. The molecule has 0 fully saturated rings. The van der Waals surface area contributed by atoms with Crippen molar-refractivity contribution in [3.05, 3.63) is 25.3 Å². The van der Waals surface area contributed by atoms with Gasteiger partial charge < -0.3 is 4.43 Å². The van der Waals surface area contributed by atoms with Gasteiger partial charge in [0, 0.05) is 0 Å². The van der Waals surface area contributed by atoms with Gasteiger partial charge in [-0.3, -0.25) is 0 Å². The molecule has 0 saturated heterocycles. The SMILES string of the molecule is C=CCC(C=C)(CCCC)O[Si](C)(C)C.[SnH4]. The van der Waals surface area contributed by atoms with Crippen molar-refractivity contribution in [2.45, 2.75) is 57.8 Å². The van der Waals surface area contributed by atoms with Crippen molar-refractivity contribution in [3.8, 4) is 0 Å². The van der Waals surface area contributed by atoms with E-state index in [1.807, 2.05) is 12.2 Å². The Bertz CT molecular complexity index is 210. The van der Waals surface area contributed by atoms with E-state index in [0.29, 0.717) is 0 Å². The quantitative estimate of drug-likeness (QED) is 0.483. The number of hydrogen-bond acceptors (Lipinski definition) is 1. The molecule has 96 valence electrons. The van der Waals surface area contributed by atoms with E-state index >= 15 is 0 Å². The van der Waals surface area contributed by atoms with Crippen LogP contribution in [0.25, 0.3) is 0 Å². The summed E-state index contributed by atoms with van der Waals surface area (Å²) in [7, 11) is -1.52. The van der Waals surface area contributed by atoms with Crippen LogP contribution >= 0.6 is 0 Å². The zero-order valence-corrected chi connectivity index (χ0v) is 11.8. The third-order valence-electron chi connectivity index (χ3n) is 2.32. The molecule has 0 aromatic rings. The molecule has 0 heterocycles. The van der Waals surface area contributed by atoms with Gasteiger partial charge in [-0.2, -0.15) is 0 Å². The molecule has 1 nitrogen and oxygen atoms in total. The minimum atomic E-state index is -1.52. The Labute approximate surface area is 119 Å². The second-order valence-electron chi connectivity index (χ2n) is 5.08. The van der Waals surface area contributed by atoms with Crippen LogP contribution in [0.3, 0.4) is 0 Å². The first-order chi connectivity index (χ1) is 6.89. The Morgan fingerprint density at radius 3 is 2.12 bits per heavy atom. The molecule has 0 bridgehead atoms. The van der Waals surface area contributed by atoms with E-state index in [1.165, 1.54) is 12.8 Å². The monoisotopic (exact) mass is 350 g/mol. The summed E-state index contributed by atoms with van der Waals surface area (Å²) in [6.07, 6.45) is 8.23. The van der Waals surface area contributed by atoms with Gasteiger partial charge in [-0.1, -0.05) is 31.9 Å². The fraction of sp³-hybridized carbons (Fsp3) is 0.692. The van der Waals surface area contributed by atoms with Crippen LogP contribution in [-0.4, -0.2) is 37.8 Å². The maximum absolute atomic E-state index is 6.27. The Morgan fingerprint density at radius 1 is 1.25 bits per heavy atom. The normalized spacial score (nSPS) is 14.8. The van der Waals surface area contributed by atoms with Gasteiger partial charge in [0.1, 0.15) is 0 Å². The van der Waals surface area contributed by atoms with Crippen LogP contribution in [0.4, 0.5) is 0 Å². The number of unbranched alkanes of at least 4 members (excludes halogenated alkanes) is 1. The summed E-state index contributed by atoms with van der Waals surface area (Å²) in [6.45, 7) is 16.6. The molecule has 1 unspecified atom stereocenters. The second kappa shape index (κ2) is 8.53. The van der Waals surface area contributed by atoms with E-state index in [4.69, 9.17) is 4.43 Å². The summed E-state index contributed by atoms with van der Waals surface area (Å²) in [4.78, 5) is 0. The molecule has 0 spiro atoms. The van der Waals surface area contributed by atoms with Gasteiger partial charge >= 0.3 is 23.9 Å². The Morgan fingerprint density at radius 2 is 1.81 bits per heavy atom. The molecule has 16 heavy (non-hydrogen) atoms. The van der Waals surface area contributed by atoms with Crippen LogP contribution in [0.1, 0.15) is 32.6 Å². The molecule has 0 aromatic heterocycles. The van der Waals surface area contributed by atoms with E-state index in [1.54, 1.807) is 0 Å². The maximum atomic E-state index is 6.27. The number of rotatable bonds is 8. The van der Waals surface area contributed by atoms with E-state index < -0.39 is 8.32 Å². The number of hydrogen-bond donors (Lipinski definition) is 0. The topological polar surface area (TPSA) is 9.23 Å². The summed E-state index contributed by atoms with van der Waals surface area (Å²) < 4.78 is 6.27. The van der Waals surface area contributed by atoms with Gasteiger partial charge in [0.15, 0.2) is 8.32 Å². The van der Waals surface area contributed by atoms with Crippen molar-refractivity contribution < 1.29 is 4.43 Å². The van der Waals surface area contributed by atoms with E-state index in [9.17, 15) is 0 Å². The summed E-state index contributed by atoms with van der Waals surface area (Å²) in [5.74, 6) is 0. The van der Waals surface area contributed by atoms with Crippen molar-refractivity contribution in [1.29, 1.82) is 0 Å².